The van der Waals surface area contributed by atoms with Gasteiger partial charge in [0.05, 0.1) is 25.4 Å². The maximum atomic E-state index is 8.97. The van der Waals surface area contributed by atoms with E-state index in [1.54, 1.807) is 6.08 Å². The quantitative estimate of drug-likeness (QED) is 0.553. The molecule has 3 heteroatoms. The lowest BCUT2D eigenvalue weighted by Crippen LogP contribution is -2.16. The summed E-state index contributed by atoms with van der Waals surface area (Å²) < 4.78 is 5.36. The number of hydrogen-bond donors (Lipinski definition) is 0. The van der Waals surface area contributed by atoms with Crippen LogP contribution in [-0.2, 0) is 4.74 Å². The van der Waals surface area contributed by atoms with Crippen molar-refractivity contribution in [1.82, 2.24) is 0 Å². The third kappa shape index (κ3) is 3.75. The first-order valence-corrected chi connectivity index (χ1v) is 5.36. The normalized spacial score (nSPS) is 11.5. The molecule has 0 aliphatic rings. The van der Waals surface area contributed by atoms with Crippen molar-refractivity contribution in [3.8, 4) is 12.1 Å². The van der Waals surface area contributed by atoms with Gasteiger partial charge in [0.1, 0.15) is 5.92 Å². The monoisotopic (exact) mass is 226 g/mol. The summed E-state index contributed by atoms with van der Waals surface area (Å²) in [4.78, 5) is 0. The lowest BCUT2D eigenvalue weighted by Gasteiger charge is -2.17. The molecule has 1 atom stereocenters. The van der Waals surface area contributed by atoms with Crippen molar-refractivity contribution in [2.45, 2.75) is 5.92 Å². The van der Waals surface area contributed by atoms with Crippen molar-refractivity contribution >= 4 is 0 Å². The first kappa shape index (κ1) is 13.0. The highest BCUT2D eigenvalue weighted by Crippen LogP contribution is 2.24. The van der Waals surface area contributed by atoms with Crippen LogP contribution in [0.1, 0.15) is 11.5 Å². The maximum absolute atomic E-state index is 8.97. The number of hydrogen-bond acceptors (Lipinski definition) is 3. The molecular formula is C14H14N2O. The molecular weight excluding hydrogens is 212 g/mol. The fourth-order valence-corrected chi connectivity index (χ4v) is 1.57. The van der Waals surface area contributed by atoms with Gasteiger partial charge in [-0.05, 0) is 5.56 Å². The lowest BCUT2D eigenvalue weighted by molar-refractivity contribution is 0.140. The predicted octanol–water partition coefficient (Wildman–Crippen LogP) is 2.64. The fourth-order valence-electron chi connectivity index (χ4n) is 1.57. The van der Waals surface area contributed by atoms with Gasteiger partial charge in [0.25, 0.3) is 0 Å². The van der Waals surface area contributed by atoms with Crippen LogP contribution in [0.3, 0.4) is 0 Å². The molecule has 0 heterocycles. The lowest BCUT2D eigenvalue weighted by atomic mass is 9.88. The van der Waals surface area contributed by atoms with Gasteiger partial charge in [-0.1, -0.05) is 36.4 Å². The summed E-state index contributed by atoms with van der Waals surface area (Å²) in [5, 5.41) is 17.9. The number of benzene rings is 1. The second-order valence-electron chi connectivity index (χ2n) is 3.58. The Kier molecular flexibility index (Phi) is 5.51. The van der Waals surface area contributed by atoms with Crippen molar-refractivity contribution in [3.05, 3.63) is 48.6 Å². The van der Waals surface area contributed by atoms with Crippen LogP contribution in [0.2, 0.25) is 0 Å². The van der Waals surface area contributed by atoms with E-state index in [0.717, 1.165) is 5.56 Å². The molecule has 0 bridgehead atoms. The van der Waals surface area contributed by atoms with E-state index in [4.69, 9.17) is 15.3 Å². The molecule has 0 aliphatic heterocycles. The summed E-state index contributed by atoms with van der Waals surface area (Å²) in [7, 11) is 0. The van der Waals surface area contributed by atoms with E-state index < -0.39 is 5.92 Å². The third-order valence-corrected chi connectivity index (χ3v) is 2.44. The minimum Gasteiger partial charge on any atom is -0.377 e. The van der Waals surface area contributed by atoms with Crippen LogP contribution in [0.25, 0.3) is 0 Å². The molecule has 1 unspecified atom stereocenters. The van der Waals surface area contributed by atoms with Crippen molar-refractivity contribution in [2.24, 2.45) is 5.92 Å². The highest BCUT2D eigenvalue weighted by atomic mass is 16.5. The zero-order chi connectivity index (χ0) is 12.5. The number of nitrogens with zero attached hydrogens (tertiary/aromatic N) is 2. The maximum Gasteiger partial charge on any atom is 0.142 e. The Labute approximate surface area is 102 Å². The van der Waals surface area contributed by atoms with Crippen LogP contribution in [0.15, 0.2) is 43.0 Å². The van der Waals surface area contributed by atoms with Gasteiger partial charge >= 0.3 is 0 Å². The van der Waals surface area contributed by atoms with Gasteiger partial charge in [0.15, 0.2) is 0 Å². The largest absolute Gasteiger partial charge is 0.377 e. The molecule has 0 aliphatic carbocycles. The molecule has 0 saturated carbocycles. The van der Waals surface area contributed by atoms with Gasteiger partial charge < -0.3 is 4.74 Å². The van der Waals surface area contributed by atoms with E-state index in [2.05, 4.69) is 6.58 Å². The van der Waals surface area contributed by atoms with Gasteiger partial charge in [-0.15, -0.1) is 6.58 Å². The van der Waals surface area contributed by atoms with Crippen molar-refractivity contribution in [1.29, 1.82) is 10.5 Å². The molecule has 1 aromatic rings. The Bertz CT molecular complexity index is 414. The van der Waals surface area contributed by atoms with E-state index in [1.807, 2.05) is 42.5 Å². The first-order chi connectivity index (χ1) is 8.33. The zero-order valence-corrected chi connectivity index (χ0v) is 9.54. The van der Waals surface area contributed by atoms with Gasteiger partial charge in [-0.2, -0.15) is 10.5 Å². The molecule has 0 N–H and O–H groups in total. The number of nitriles is 2. The Balaban J connectivity index is 2.84. The van der Waals surface area contributed by atoms with Crippen LogP contribution in [0, 0.1) is 28.6 Å². The summed E-state index contributed by atoms with van der Waals surface area (Å²) in [6.07, 6.45) is 1.65. The molecule has 0 fully saturated rings. The minimum atomic E-state index is -0.692. The summed E-state index contributed by atoms with van der Waals surface area (Å²) in [6, 6.07) is 13.5. The summed E-state index contributed by atoms with van der Waals surface area (Å²) in [5.74, 6) is -0.909. The Morgan fingerprint density at radius 3 is 2.41 bits per heavy atom. The van der Waals surface area contributed by atoms with Crippen molar-refractivity contribution in [2.75, 3.05) is 13.2 Å². The number of rotatable bonds is 6. The fraction of sp³-hybridized carbons (Fsp3) is 0.286. The predicted molar refractivity (Wildman–Crippen MR) is 64.9 cm³/mol. The highest BCUT2D eigenvalue weighted by Gasteiger charge is 2.22. The smallest absolute Gasteiger partial charge is 0.142 e. The van der Waals surface area contributed by atoms with Crippen molar-refractivity contribution < 1.29 is 4.74 Å². The number of ether oxygens (including phenoxy) is 1. The van der Waals surface area contributed by atoms with Crippen molar-refractivity contribution in [3.63, 3.8) is 0 Å². The van der Waals surface area contributed by atoms with Crippen LogP contribution in [-0.4, -0.2) is 13.2 Å². The molecule has 17 heavy (non-hydrogen) atoms. The standard InChI is InChI=1S/C14H14N2O/c1-2-8-17-11-14(13(9-15)10-16)12-6-4-3-5-7-12/h2-7,13-14H,1,8,11H2. The highest BCUT2D eigenvalue weighted by molar-refractivity contribution is 5.25. The summed E-state index contributed by atoms with van der Waals surface area (Å²) >= 11 is 0. The van der Waals surface area contributed by atoms with Crippen LogP contribution >= 0.6 is 0 Å². The Morgan fingerprint density at radius 1 is 1.24 bits per heavy atom. The third-order valence-electron chi connectivity index (χ3n) is 2.44. The van der Waals surface area contributed by atoms with E-state index in [0.29, 0.717) is 13.2 Å². The minimum absolute atomic E-state index is 0.217. The first-order valence-electron chi connectivity index (χ1n) is 5.36. The van der Waals surface area contributed by atoms with E-state index in [1.165, 1.54) is 0 Å². The second kappa shape index (κ2) is 7.22. The van der Waals surface area contributed by atoms with E-state index >= 15 is 0 Å². The van der Waals surface area contributed by atoms with Crippen LogP contribution < -0.4 is 0 Å². The van der Waals surface area contributed by atoms with E-state index in [-0.39, 0.29) is 5.92 Å². The van der Waals surface area contributed by atoms with Gasteiger partial charge in [0, 0.05) is 5.92 Å². The molecule has 0 spiro atoms. The van der Waals surface area contributed by atoms with Gasteiger partial charge in [-0.3, -0.25) is 0 Å². The molecule has 0 radical (unpaired) electrons. The Morgan fingerprint density at radius 2 is 1.88 bits per heavy atom. The molecule has 0 saturated heterocycles. The molecule has 86 valence electrons. The van der Waals surface area contributed by atoms with Gasteiger partial charge in [-0.25, -0.2) is 0 Å². The molecule has 1 rings (SSSR count). The zero-order valence-electron chi connectivity index (χ0n) is 9.54. The van der Waals surface area contributed by atoms with Crippen LogP contribution in [0.4, 0.5) is 0 Å². The summed E-state index contributed by atoms with van der Waals surface area (Å²) in [5.41, 5.74) is 0.949. The molecule has 0 aromatic heterocycles. The van der Waals surface area contributed by atoms with Crippen LogP contribution in [0.5, 0.6) is 0 Å². The molecule has 0 amide bonds. The second-order valence-corrected chi connectivity index (χ2v) is 3.58. The average molecular weight is 226 g/mol. The molecule has 3 nitrogen and oxygen atoms in total. The SMILES string of the molecule is C=CCOCC(c1ccccc1)C(C#N)C#N. The van der Waals surface area contributed by atoms with Gasteiger partial charge in [0.2, 0.25) is 0 Å². The van der Waals surface area contributed by atoms with E-state index in [9.17, 15) is 0 Å². The average Bonchev–Trinajstić information content (AvgIpc) is 2.39. The molecule has 1 aromatic carbocycles. The summed E-state index contributed by atoms with van der Waals surface area (Å²) in [6.45, 7) is 4.33. The Hall–Kier alpha value is -2.10. The topological polar surface area (TPSA) is 56.8 Å².